The first-order chi connectivity index (χ1) is 13.2. The summed E-state index contributed by atoms with van der Waals surface area (Å²) in [7, 11) is 0. The van der Waals surface area contributed by atoms with E-state index in [9.17, 15) is 4.79 Å². The summed E-state index contributed by atoms with van der Waals surface area (Å²) >= 11 is 6.12. The zero-order chi connectivity index (χ0) is 18.4. The molecule has 1 saturated heterocycles. The van der Waals surface area contributed by atoms with Crippen LogP contribution in [0.2, 0.25) is 5.02 Å². The normalized spacial score (nSPS) is 24.9. The van der Waals surface area contributed by atoms with Crippen molar-refractivity contribution in [1.29, 1.82) is 0 Å². The predicted molar refractivity (Wildman–Crippen MR) is 103 cm³/mol. The summed E-state index contributed by atoms with van der Waals surface area (Å²) in [6.45, 7) is 3.86. The molecule has 2 aliphatic heterocycles. The minimum atomic E-state index is -0.0642. The van der Waals surface area contributed by atoms with Crippen molar-refractivity contribution in [2.45, 2.75) is 44.8 Å². The lowest BCUT2D eigenvalue weighted by atomic mass is 9.89. The number of hydrogen-bond donors (Lipinski definition) is 1. The van der Waals surface area contributed by atoms with Crippen LogP contribution in [0.15, 0.2) is 24.3 Å². The van der Waals surface area contributed by atoms with E-state index in [1.165, 1.54) is 12.0 Å². The Morgan fingerprint density at radius 3 is 2.81 bits per heavy atom. The predicted octanol–water partition coefficient (Wildman–Crippen LogP) is 2.52. The van der Waals surface area contributed by atoms with Crippen molar-refractivity contribution in [3.63, 3.8) is 0 Å². The van der Waals surface area contributed by atoms with Gasteiger partial charge in [0.1, 0.15) is 5.82 Å². The molecule has 5 rings (SSSR count). The summed E-state index contributed by atoms with van der Waals surface area (Å²) in [5.74, 6) is 2.51. The van der Waals surface area contributed by atoms with E-state index in [0.717, 1.165) is 56.3 Å². The van der Waals surface area contributed by atoms with Crippen LogP contribution >= 0.6 is 11.6 Å². The average Bonchev–Trinajstić information content (AvgIpc) is 3.18. The van der Waals surface area contributed by atoms with E-state index in [-0.39, 0.29) is 5.91 Å². The van der Waals surface area contributed by atoms with Crippen molar-refractivity contribution in [2.75, 3.05) is 13.1 Å². The maximum absolute atomic E-state index is 12.6. The molecular weight excluding hydrogens is 362 g/mol. The topological polar surface area (TPSA) is 63.1 Å². The molecule has 1 aliphatic carbocycles. The third kappa shape index (κ3) is 3.36. The van der Waals surface area contributed by atoms with E-state index in [1.807, 2.05) is 18.2 Å². The van der Waals surface area contributed by atoms with Gasteiger partial charge in [0, 0.05) is 43.7 Å². The number of rotatable bonds is 4. The molecule has 6 nitrogen and oxygen atoms in total. The number of benzene rings is 1. The van der Waals surface area contributed by atoms with Gasteiger partial charge in [-0.05, 0) is 48.8 Å². The molecule has 3 aliphatic rings. The molecule has 142 valence electrons. The molecule has 0 radical (unpaired) electrons. The Morgan fingerprint density at radius 2 is 2.04 bits per heavy atom. The van der Waals surface area contributed by atoms with Crippen molar-refractivity contribution in [3.8, 4) is 0 Å². The first-order valence-corrected chi connectivity index (χ1v) is 10.2. The van der Waals surface area contributed by atoms with Gasteiger partial charge in [-0.25, -0.2) is 0 Å². The van der Waals surface area contributed by atoms with E-state index in [4.69, 9.17) is 11.6 Å². The van der Waals surface area contributed by atoms with Crippen LogP contribution in [0, 0.1) is 11.8 Å². The maximum atomic E-state index is 12.6. The van der Waals surface area contributed by atoms with Gasteiger partial charge in [-0.1, -0.05) is 23.7 Å². The molecule has 3 heterocycles. The highest BCUT2D eigenvalue weighted by atomic mass is 35.5. The van der Waals surface area contributed by atoms with E-state index < -0.39 is 0 Å². The molecule has 7 heteroatoms. The van der Waals surface area contributed by atoms with Gasteiger partial charge in [0.05, 0.1) is 0 Å². The zero-order valence-corrected chi connectivity index (χ0v) is 16.0. The van der Waals surface area contributed by atoms with Gasteiger partial charge in [-0.3, -0.25) is 9.69 Å². The summed E-state index contributed by atoms with van der Waals surface area (Å²) in [5.41, 5.74) is 1.25. The third-order valence-electron chi connectivity index (χ3n) is 6.28. The van der Waals surface area contributed by atoms with Crippen LogP contribution in [0.25, 0.3) is 0 Å². The largest absolute Gasteiger partial charge is 0.347 e. The van der Waals surface area contributed by atoms with Crippen LogP contribution < -0.4 is 5.32 Å². The lowest BCUT2D eigenvalue weighted by molar-refractivity contribution is 0.0898. The number of aromatic nitrogens is 3. The van der Waals surface area contributed by atoms with E-state index >= 15 is 0 Å². The second kappa shape index (κ2) is 6.91. The molecule has 1 amide bonds. The van der Waals surface area contributed by atoms with Gasteiger partial charge < -0.3 is 9.88 Å². The molecule has 2 aromatic rings. The number of nitrogens with zero attached hydrogens (tertiary/aromatic N) is 4. The highest BCUT2D eigenvalue weighted by molar-refractivity contribution is 6.30. The molecule has 0 unspecified atom stereocenters. The zero-order valence-electron chi connectivity index (χ0n) is 15.3. The van der Waals surface area contributed by atoms with Crippen molar-refractivity contribution >= 4 is 17.5 Å². The molecule has 1 saturated carbocycles. The number of nitrogens with one attached hydrogen (secondary N) is 1. The van der Waals surface area contributed by atoms with Gasteiger partial charge in [-0.15, -0.1) is 10.2 Å². The monoisotopic (exact) mass is 385 g/mol. The van der Waals surface area contributed by atoms with E-state index in [2.05, 4.69) is 31.0 Å². The number of halogens is 1. The SMILES string of the molecule is O=C(NC1CCC1)c1nnc2n1C[C@@H]1CN(Cc3cccc(Cl)c3)C[C@@H]1C2. The molecule has 1 N–H and O–H groups in total. The van der Waals surface area contributed by atoms with Crippen LogP contribution in [0.3, 0.4) is 0 Å². The maximum Gasteiger partial charge on any atom is 0.289 e. The summed E-state index contributed by atoms with van der Waals surface area (Å²) in [5, 5.41) is 12.4. The van der Waals surface area contributed by atoms with Gasteiger partial charge in [0.2, 0.25) is 5.82 Å². The Kier molecular flexibility index (Phi) is 4.40. The standard InChI is InChI=1S/C20H24ClN5O/c21-16-4-1-3-13(7-16)9-25-10-14-8-18-23-24-19(26(18)12-15(14)11-25)20(27)22-17-5-2-6-17/h1,3-4,7,14-15,17H,2,5-6,8-12H2,(H,22,27)/t14-,15-/m0/s1. The molecule has 2 fully saturated rings. The van der Waals surface area contributed by atoms with Crippen molar-refractivity contribution in [1.82, 2.24) is 25.0 Å². The average molecular weight is 386 g/mol. The molecule has 0 bridgehead atoms. The van der Waals surface area contributed by atoms with Gasteiger partial charge >= 0.3 is 0 Å². The van der Waals surface area contributed by atoms with Crippen LogP contribution in [-0.2, 0) is 19.5 Å². The van der Waals surface area contributed by atoms with E-state index in [0.29, 0.717) is 23.7 Å². The van der Waals surface area contributed by atoms with Crippen LogP contribution in [-0.4, -0.2) is 44.7 Å². The number of fused-ring (bicyclic) bond motifs is 2. The molecule has 1 aromatic heterocycles. The molecule has 0 spiro atoms. The minimum absolute atomic E-state index is 0.0642. The van der Waals surface area contributed by atoms with Crippen molar-refractivity contribution < 1.29 is 4.79 Å². The third-order valence-corrected chi connectivity index (χ3v) is 6.52. The lowest BCUT2D eigenvalue weighted by Gasteiger charge is -2.28. The fraction of sp³-hybridized carbons (Fsp3) is 0.550. The lowest BCUT2D eigenvalue weighted by Crippen LogP contribution is -2.41. The Balaban J connectivity index is 1.26. The van der Waals surface area contributed by atoms with Crippen molar-refractivity contribution in [2.24, 2.45) is 11.8 Å². The Morgan fingerprint density at radius 1 is 1.19 bits per heavy atom. The molecule has 2 atom stereocenters. The highest BCUT2D eigenvalue weighted by Crippen LogP contribution is 2.33. The number of likely N-dealkylation sites (tertiary alicyclic amines) is 1. The highest BCUT2D eigenvalue weighted by Gasteiger charge is 2.39. The van der Waals surface area contributed by atoms with Crippen LogP contribution in [0.4, 0.5) is 0 Å². The first-order valence-electron chi connectivity index (χ1n) is 9.85. The van der Waals surface area contributed by atoms with E-state index in [1.54, 1.807) is 0 Å². The smallest absolute Gasteiger partial charge is 0.289 e. The van der Waals surface area contributed by atoms with Crippen LogP contribution in [0.1, 0.15) is 41.3 Å². The number of hydrogen-bond acceptors (Lipinski definition) is 4. The summed E-state index contributed by atoms with van der Waals surface area (Å²) < 4.78 is 2.05. The Hall–Kier alpha value is -1.92. The number of amides is 1. The van der Waals surface area contributed by atoms with Gasteiger partial charge in [0.25, 0.3) is 5.91 Å². The quantitative estimate of drug-likeness (QED) is 0.878. The Bertz CT molecular complexity index is 862. The first kappa shape index (κ1) is 17.2. The summed E-state index contributed by atoms with van der Waals surface area (Å²) in [6.07, 6.45) is 4.27. The summed E-state index contributed by atoms with van der Waals surface area (Å²) in [6, 6.07) is 8.42. The summed E-state index contributed by atoms with van der Waals surface area (Å²) in [4.78, 5) is 15.0. The Labute approximate surface area is 163 Å². The van der Waals surface area contributed by atoms with Gasteiger partial charge in [-0.2, -0.15) is 0 Å². The fourth-order valence-corrected chi connectivity index (χ4v) is 4.83. The van der Waals surface area contributed by atoms with Crippen molar-refractivity contribution in [3.05, 3.63) is 46.5 Å². The van der Waals surface area contributed by atoms with Gasteiger partial charge in [0.15, 0.2) is 0 Å². The molecule has 1 aromatic carbocycles. The second-order valence-corrected chi connectivity index (χ2v) is 8.64. The molecule has 27 heavy (non-hydrogen) atoms. The number of carbonyl (C=O) groups excluding carboxylic acids is 1. The minimum Gasteiger partial charge on any atom is -0.347 e. The second-order valence-electron chi connectivity index (χ2n) is 8.20. The number of carbonyl (C=O) groups is 1. The fourth-order valence-electron chi connectivity index (χ4n) is 4.61. The van der Waals surface area contributed by atoms with Crippen LogP contribution in [0.5, 0.6) is 0 Å². The molecular formula is C20H24ClN5O.